The van der Waals surface area contributed by atoms with E-state index in [4.69, 9.17) is 0 Å². The van der Waals surface area contributed by atoms with Crippen LogP contribution in [0.25, 0.3) is 28.7 Å². The molecule has 7 nitrogen and oxygen atoms in total. The first-order chi connectivity index (χ1) is 11.4. The van der Waals surface area contributed by atoms with Crippen LogP contribution in [0.4, 0.5) is 0 Å². The molecule has 7 heteroatoms. The summed E-state index contributed by atoms with van der Waals surface area (Å²) in [6.45, 7) is 0. The van der Waals surface area contributed by atoms with E-state index in [2.05, 4.69) is 36.2 Å². The molecule has 4 aromatic rings. The van der Waals surface area contributed by atoms with Crippen molar-refractivity contribution in [2.24, 2.45) is 0 Å². The molecule has 0 amide bonds. The summed E-state index contributed by atoms with van der Waals surface area (Å²) in [5.74, 6) is 0.984. The molecule has 0 atom stereocenters. The van der Waals surface area contributed by atoms with Gasteiger partial charge in [-0.2, -0.15) is 5.10 Å². The lowest BCUT2D eigenvalue weighted by molar-refractivity contribution is 0.837. The zero-order valence-corrected chi connectivity index (χ0v) is 11.9. The molecular weight excluding hydrogens is 290 g/mol. The topological polar surface area (TPSA) is 82.3 Å². The van der Waals surface area contributed by atoms with Crippen molar-refractivity contribution in [1.82, 2.24) is 34.7 Å². The van der Waals surface area contributed by atoms with Crippen molar-refractivity contribution in [3.05, 3.63) is 67.5 Å². The van der Waals surface area contributed by atoms with Gasteiger partial charge in [-0.05, 0) is 24.3 Å². The molecule has 4 rings (SSSR count). The summed E-state index contributed by atoms with van der Waals surface area (Å²) in [4.78, 5) is 21.8. The lowest BCUT2D eigenvalue weighted by Crippen LogP contribution is -2.06. The van der Waals surface area contributed by atoms with Gasteiger partial charge >= 0.3 is 0 Å². The molecule has 0 N–H and O–H groups in total. The largest absolute Gasteiger partial charge is 0.255 e. The van der Waals surface area contributed by atoms with Crippen molar-refractivity contribution in [2.45, 2.75) is 0 Å². The highest BCUT2D eigenvalue weighted by molar-refractivity contribution is 5.64. The van der Waals surface area contributed by atoms with Crippen molar-refractivity contribution in [3.63, 3.8) is 0 Å². The molecule has 0 spiro atoms. The maximum absolute atomic E-state index is 4.60. The minimum Gasteiger partial charge on any atom is -0.255 e. The quantitative estimate of drug-likeness (QED) is 0.575. The van der Waals surface area contributed by atoms with Crippen molar-refractivity contribution in [2.75, 3.05) is 0 Å². The summed E-state index contributed by atoms with van der Waals surface area (Å²) >= 11 is 0. The first-order valence-corrected chi connectivity index (χ1v) is 6.90. The van der Waals surface area contributed by atoms with Gasteiger partial charge in [-0.15, -0.1) is 0 Å². The summed E-state index contributed by atoms with van der Waals surface area (Å²) in [5, 5.41) is 4.20. The van der Waals surface area contributed by atoms with Gasteiger partial charge in [0.05, 0.1) is 5.69 Å². The van der Waals surface area contributed by atoms with E-state index < -0.39 is 0 Å². The molecule has 0 aliphatic carbocycles. The van der Waals surface area contributed by atoms with Gasteiger partial charge in [-0.1, -0.05) is 6.07 Å². The van der Waals surface area contributed by atoms with Gasteiger partial charge in [-0.25, -0.2) is 24.6 Å². The molecule has 0 unspecified atom stereocenters. The second kappa shape index (κ2) is 5.72. The number of hydrogen-bond acceptors (Lipinski definition) is 6. The Balaban J connectivity index is 1.92. The second-order valence-electron chi connectivity index (χ2n) is 4.59. The molecular formula is C16H10N7. The molecule has 4 heterocycles. The maximum atomic E-state index is 4.60. The van der Waals surface area contributed by atoms with Crippen LogP contribution in [-0.2, 0) is 0 Å². The van der Waals surface area contributed by atoms with E-state index in [0.717, 1.165) is 0 Å². The average molecular weight is 300 g/mol. The Morgan fingerprint density at radius 1 is 0.870 bits per heavy atom. The van der Waals surface area contributed by atoms with Crippen LogP contribution in [0.3, 0.4) is 0 Å². The third-order valence-electron chi connectivity index (χ3n) is 3.11. The predicted molar refractivity (Wildman–Crippen MR) is 82.2 cm³/mol. The Labute approximate surface area is 131 Å². The summed E-state index contributed by atoms with van der Waals surface area (Å²) in [6.07, 6.45) is 11.4. The molecule has 0 aliphatic rings. The van der Waals surface area contributed by atoms with Crippen LogP contribution in [-0.4, -0.2) is 34.7 Å². The molecule has 1 radical (unpaired) electrons. The third-order valence-corrected chi connectivity index (χ3v) is 3.11. The van der Waals surface area contributed by atoms with Gasteiger partial charge in [0.15, 0.2) is 17.3 Å². The Hall–Kier alpha value is -3.48. The van der Waals surface area contributed by atoms with Gasteiger partial charge in [0.25, 0.3) is 0 Å². The smallest absolute Gasteiger partial charge is 0.184 e. The lowest BCUT2D eigenvalue weighted by Gasteiger charge is -2.08. The normalized spacial score (nSPS) is 10.6. The molecule has 0 fully saturated rings. The van der Waals surface area contributed by atoms with Crippen molar-refractivity contribution < 1.29 is 0 Å². The maximum Gasteiger partial charge on any atom is 0.184 e. The standard InChI is InChI=1S/C16H10N7/c1-2-6-17-12(5-1)13-11-20-16(23-10-4-9-21-23)14(22-13)15-18-7-3-8-19-15/h1-10H. The van der Waals surface area contributed by atoms with Crippen molar-refractivity contribution in [1.29, 1.82) is 0 Å². The highest BCUT2D eigenvalue weighted by atomic mass is 15.3. The van der Waals surface area contributed by atoms with Crippen LogP contribution in [0.5, 0.6) is 0 Å². The number of aromatic nitrogens is 7. The van der Waals surface area contributed by atoms with Crippen LogP contribution in [0.15, 0.2) is 61.3 Å². The fourth-order valence-electron chi connectivity index (χ4n) is 2.09. The fourth-order valence-corrected chi connectivity index (χ4v) is 2.09. The highest BCUT2D eigenvalue weighted by Crippen LogP contribution is 2.22. The van der Waals surface area contributed by atoms with E-state index in [1.807, 2.05) is 24.3 Å². The fraction of sp³-hybridized carbons (Fsp3) is 0. The van der Waals surface area contributed by atoms with Crippen LogP contribution in [0.1, 0.15) is 0 Å². The van der Waals surface area contributed by atoms with Crippen molar-refractivity contribution >= 4 is 0 Å². The molecule has 4 aromatic heterocycles. The van der Waals surface area contributed by atoms with Gasteiger partial charge in [0, 0.05) is 31.0 Å². The van der Waals surface area contributed by atoms with E-state index in [-0.39, 0.29) is 0 Å². The third kappa shape index (κ3) is 2.55. The van der Waals surface area contributed by atoms with Gasteiger partial charge in [0.2, 0.25) is 0 Å². The molecule has 0 bridgehead atoms. The van der Waals surface area contributed by atoms with Gasteiger partial charge < -0.3 is 0 Å². The predicted octanol–water partition coefficient (Wildman–Crippen LogP) is 1.98. The Kier molecular flexibility index (Phi) is 3.28. The summed E-state index contributed by atoms with van der Waals surface area (Å²) in [7, 11) is 0. The average Bonchev–Trinajstić information content (AvgIpc) is 3.17. The molecule has 0 saturated heterocycles. The zero-order chi connectivity index (χ0) is 15.5. The second-order valence-corrected chi connectivity index (χ2v) is 4.59. The number of rotatable bonds is 3. The SMILES string of the molecule is [c]1nc(-n2cccn2)c(-c2ncccn2)nc1-c1ccccn1. The van der Waals surface area contributed by atoms with Gasteiger partial charge in [-0.3, -0.25) is 4.98 Å². The molecule has 0 aromatic carbocycles. The number of hydrogen-bond donors (Lipinski definition) is 0. The highest BCUT2D eigenvalue weighted by Gasteiger charge is 2.16. The van der Waals surface area contributed by atoms with E-state index in [1.165, 1.54) is 0 Å². The Bertz CT molecular complexity index is 906. The lowest BCUT2D eigenvalue weighted by atomic mass is 10.2. The minimum absolute atomic E-state index is 0.469. The molecule has 109 valence electrons. The van der Waals surface area contributed by atoms with Crippen LogP contribution >= 0.6 is 0 Å². The van der Waals surface area contributed by atoms with E-state index >= 15 is 0 Å². The summed E-state index contributed by atoms with van der Waals surface area (Å²) < 4.78 is 1.61. The first kappa shape index (κ1) is 13.2. The number of pyridine rings is 1. The van der Waals surface area contributed by atoms with E-state index in [1.54, 1.807) is 41.7 Å². The van der Waals surface area contributed by atoms with Crippen LogP contribution in [0, 0.1) is 6.20 Å². The number of nitrogens with zero attached hydrogens (tertiary/aromatic N) is 7. The van der Waals surface area contributed by atoms with E-state index in [0.29, 0.717) is 28.7 Å². The zero-order valence-electron chi connectivity index (χ0n) is 11.9. The minimum atomic E-state index is 0.469. The van der Waals surface area contributed by atoms with Crippen molar-refractivity contribution in [3.8, 4) is 28.7 Å². The van der Waals surface area contributed by atoms with E-state index in [9.17, 15) is 0 Å². The van der Waals surface area contributed by atoms with Crippen LogP contribution in [0.2, 0.25) is 0 Å². The molecule has 23 heavy (non-hydrogen) atoms. The summed E-state index contributed by atoms with van der Waals surface area (Å²) in [5.41, 5.74) is 1.74. The monoisotopic (exact) mass is 300 g/mol. The molecule has 0 saturated carbocycles. The Morgan fingerprint density at radius 3 is 2.48 bits per heavy atom. The first-order valence-electron chi connectivity index (χ1n) is 6.90. The molecule has 0 aliphatic heterocycles. The van der Waals surface area contributed by atoms with Gasteiger partial charge in [0.1, 0.15) is 11.9 Å². The Morgan fingerprint density at radius 2 is 1.74 bits per heavy atom. The summed E-state index contributed by atoms with van der Waals surface area (Å²) in [6, 6.07) is 9.14. The van der Waals surface area contributed by atoms with Crippen LogP contribution < -0.4 is 0 Å².